The molecule has 0 amide bonds. The molecule has 2 rings (SSSR count). The second kappa shape index (κ2) is 5.68. The van der Waals surface area contributed by atoms with Gasteiger partial charge in [-0.1, -0.05) is 13.8 Å². The van der Waals surface area contributed by atoms with Gasteiger partial charge < -0.3 is 0 Å². The minimum absolute atomic E-state index is 0.297. The van der Waals surface area contributed by atoms with Crippen molar-refractivity contribution in [2.45, 2.75) is 59.4 Å². The summed E-state index contributed by atoms with van der Waals surface area (Å²) in [5, 5.41) is 4.51. The van der Waals surface area contributed by atoms with Gasteiger partial charge in [-0.3, -0.25) is 9.48 Å². The molecule has 100 valence electrons. The Kier molecular flexibility index (Phi) is 4.20. The fourth-order valence-electron chi connectivity index (χ4n) is 2.93. The molecule has 0 radical (unpaired) electrons. The summed E-state index contributed by atoms with van der Waals surface area (Å²) in [6.45, 7) is 7.28. The molecule has 1 fully saturated rings. The fraction of sp³-hybridized carbons (Fsp3) is 0.733. The Bertz CT molecular complexity index is 422. The molecule has 3 heteroatoms. The second-order valence-corrected chi connectivity index (χ2v) is 5.55. The Balaban J connectivity index is 2.04. The highest BCUT2D eigenvalue weighted by Crippen LogP contribution is 2.31. The number of ketones is 1. The summed E-state index contributed by atoms with van der Waals surface area (Å²) in [7, 11) is 0. The van der Waals surface area contributed by atoms with Crippen LogP contribution in [0.3, 0.4) is 0 Å². The van der Waals surface area contributed by atoms with Crippen molar-refractivity contribution in [2.24, 2.45) is 11.8 Å². The molecule has 0 aliphatic heterocycles. The van der Waals surface area contributed by atoms with E-state index in [0.29, 0.717) is 18.1 Å². The van der Waals surface area contributed by atoms with Gasteiger partial charge in [0.05, 0.1) is 5.69 Å². The van der Waals surface area contributed by atoms with Crippen molar-refractivity contribution in [1.29, 1.82) is 0 Å². The molecule has 1 aromatic heterocycles. The normalized spacial score (nSPS) is 23.5. The summed E-state index contributed by atoms with van der Waals surface area (Å²) >= 11 is 0. The Morgan fingerprint density at radius 1 is 1.44 bits per heavy atom. The lowest BCUT2D eigenvalue weighted by molar-refractivity contribution is -0.122. The molecule has 0 spiro atoms. The number of hydrogen-bond donors (Lipinski definition) is 0. The average Bonchev–Trinajstić information content (AvgIpc) is 2.95. The lowest BCUT2D eigenvalue weighted by Gasteiger charge is -2.09. The zero-order valence-corrected chi connectivity index (χ0v) is 11.8. The van der Waals surface area contributed by atoms with Crippen LogP contribution in [0.5, 0.6) is 0 Å². The van der Waals surface area contributed by atoms with Gasteiger partial charge in [0.2, 0.25) is 0 Å². The lowest BCUT2D eigenvalue weighted by atomic mass is 9.97. The molecule has 1 aromatic rings. The smallest absolute Gasteiger partial charge is 0.141 e. The van der Waals surface area contributed by atoms with Crippen LogP contribution >= 0.6 is 0 Å². The molecule has 2 unspecified atom stereocenters. The van der Waals surface area contributed by atoms with E-state index >= 15 is 0 Å². The Labute approximate surface area is 110 Å². The van der Waals surface area contributed by atoms with Crippen molar-refractivity contribution >= 4 is 5.78 Å². The largest absolute Gasteiger partial charge is 0.299 e. The quantitative estimate of drug-likeness (QED) is 0.803. The van der Waals surface area contributed by atoms with Crippen molar-refractivity contribution in [3.63, 3.8) is 0 Å². The first kappa shape index (κ1) is 13.3. The van der Waals surface area contributed by atoms with Gasteiger partial charge in [0, 0.05) is 24.6 Å². The molecule has 1 aliphatic carbocycles. The molecular weight excluding hydrogens is 224 g/mol. The highest BCUT2D eigenvalue weighted by molar-refractivity contribution is 5.83. The van der Waals surface area contributed by atoms with Crippen LogP contribution in [0.1, 0.15) is 51.4 Å². The van der Waals surface area contributed by atoms with E-state index in [9.17, 15) is 4.79 Å². The zero-order valence-electron chi connectivity index (χ0n) is 11.8. The van der Waals surface area contributed by atoms with E-state index in [0.717, 1.165) is 43.1 Å². The third-order valence-corrected chi connectivity index (χ3v) is 4.08. The Morgan fingerprint density at radius 2 is 2.22 bits per heavy atom. The van der Waals surface area contributed by atoms with E-state index in [1.807, 2.05) is 4.68 Å². The molecule has 18 heavy (non-hydrogen) atoms. The average molecular weight is 248 g/mol. The van der Waals surface area contributed by atoms with Gasteiger partial charge in [0.15, 0.2) is 0 Å². The van der Waals surface area contributed by atoms with Crippen molar-refractivity contribution in [1.82, 2.24) is 9.78 Å². The van der Waals surface area contributed by atoms with Crippen LogP contribution < -0.4 is 0 Å². The molecule has 1 aliphatic rings. The van der Waals surface area contributed by atoms with Gasteiger partial charge in [-0.2, -0.15) is 5.10 Å². The predicted octanol–water partition coefficient (Wildman–Crippen LogP) is 3.01. The van der Waals surface area contributed by atoms with Crippen molar-refractivity contribution in [2.75, 3.05) is 0 Å². The summed E-state index contributed by atoms with van der Waals surface area (Å²) in [5.41, 5.74) is 2.19. The molecule has 0 bridgehead atoms. The molecular formula is C15H24N2O. The molecule has 0 N–H and O–H groups in total. The molecule has 2 atom stereocenters. The molecule has 1 heterocycles. The monoisotopic (exact) mass is 248 g/mol. The number of carbonyl (C=O) groups excluding carboxylic acids is 1. The third kappa shape index (κ3) is 2.82. The number of rotatable bonds is 5. The molecule has 0 aromatic carbocycles. The summed E-state index contributed by atoms with van der Waals surface area (Å²) in [4.78, 5) is 12.3. The van der Waals surface area contributed by atoms with Crippen LogP contribution in [0.25, 0.3) is 0 Å². The summed E-state index contributed by atoms with van der Waals surface area (Å²) in [6.07, 6.45) is 4.89. The first-order valence-corrected chi connectivity index (χ1v) is 7.22. The Morgan fingerprint density at radius 3 is 2.78 bits per heavy atom. The van der Waals surface area contributed by atoms with Gasteiger partial charge in [-0.15, -0.1) is 0 Å². The second-order valence-electron chi connectivity index (χ2n) is 5.55. The maximum Gasteiger partial charge on any atom is 0.141 e. The van der Waals surface area contributed by atoms with Crippen molar-refractivity contribution in [3.8, 4) is 0 Å². The first-order chi connectivity index (χ1) is 8.63. The van der Waals surface area contributed by atoms with Crippen molar-refractivity contribution < 1.29 is 4.79 Å². The van der Waals surface area contributed by atoms with Gasteiger partial charge >= 0.3 is 0 Å². The maximum atomic E-state index is 12.3. The number of carbonyl (C=O) groups is 1. The number of Topliss-reactive ketones (excluding diaryl/α,β-unsaturated/α-hetero) is 1. The topological polar surface area (TPSA) is 34.9 Å². The van der Waals surface area contributed by atoms with E-state index in [-0.39, 0.29) is 0 Å². The first-order valence-electron chi connectivity index (χ1n) is 7.22. The van der Waals surface area contributed by atoms with Crippen LogP contribution in [0, 0.1) is 11.8 Å². The maximum absolute atomic E-state index is 12.3. The van der Waals surface area contributed by atoms with Crippen LogP contribution in [-0.4, -0.2) is 15.6 Å². The van der Waals surface area contributed by atoms with E-state index < -0.39 is 0 Å². The summed E-state index contributed by atoms with van der Waals surface area (Å²) < 4.78 is 1.98. The predicted molar refractivity (Wildman–Crippen MR) is 72.5 cm³/mol. The molecule has 0 saturated heterocycles. The van der Waals surface area contributed by atoms with E-state index in [1.165, 1.54) is 6.42 Å². The number of aromatic nitrogens is 2. The Hall–Kier alpha value is -1.12. The standard InChI is InChI=1S/C15H24N2O/c1-4-13-9-14(17(5-2)16-13)10-15(18)12-7-6-11(3)8-12/h9,11-12H,4-8,10H2,1-3H3. The highest BCUT2D eigenvalue weighted by Gasteiger charge is 2.27. The highest BCUT2D eigenvalue weighted by atomic mass is 16.1. The fourth-order valence-corrected chi connectivity index (χ4v) is 2.93. The summed E-state index contributed by atoms with van der Waals surface area (Å²) in [5.74, 6) is 1.43. The van der Waals surface area contributed by atoms with E-state index in [2.05, 4.69) is 31.9 Å². The van der Waals surface area contributed by atoms with Crippen LogP contribution in [0.2, 0.25) is 0 Å². The number of hydrogen-bond acceptors (Lipinski definition) is 2. The van der Waals surface area contributed by atoms with E-state index in [4.69, 9.17) is 0 Å². The molecule has 3 nitrogen and oxygen atoms in total. The minimum atomic E-state index is 0.297. The van der Waals surface area contributed by atoms with Gasteiger partial charge in [0.25, 0.3) is 0 Å². The van der Waals surface area contributed by atoms with Gasteiger partial charge in [-0.25, -0.2) is 0 Å². The van der Waals surface area contributed by atoms with Crippen molar-refractivity contribution in [3.05, 3.63) is 17.5 Å². The minimum Gasteiger partial charge on any atom is -0.299 e. The molecule has 1 saturated carbocycles. The SMILES string of the molecule is CCc1cc(CC(=O)C2CCC(C)C2)n(CC)n1. The zero-order chi connectivity index (χ0) is 13.1. The van der Waals surface area contributed by atoms with Crippen LogP contribution in [-0.2, 0) is 24.2 Å². The van der Waals surface area contributed by atoms with Gasteiger partial charge in [0.1, 0.15) is 5.78 Å². The van der Waals surface area contributed by atoms with Crippen LogP contribution in [0.4, 0.5) is 0 Å². The van der Waals surface area contributed by atoms with E-state index in [1.54, 1.807) is 0 Å². The van der Waals surface area contributed by atoms with Crippen LogP contribution in [0.15, 0.2) is 6.07 Å². The van der Waals surface area contributed by atoms with Gasteiger partial charge in [-0.05, 0) is 44.6 Å². The third-order valence-electron chi connectivity index (χ3n) is 4.08. The number of nitrogens with zero attached hydrogens (tertiary/aromatic N) is 2. The summed E-state index contributed by atoms with van der Waals surface area (Å²) in [6, 6.07) is 2.10. The number of aryl methyl sites for hydroxylation is 2. The lowest BCUT2D eigenvalue weighted by Crippen LogP contribution is -2.16.